The first-order chi connectivity index (χ1) is 7.60. The van der Waals surface area contributed by atoms with Crippen LogP contribution >= 0.6 is 39.0 Å². The molecular weight excluding hydrogens is 308 g/mol. The van der Waals surface area contributed by atoms with Crippen molar-refractivity contribution in [3.05, 3.63) is 20.3 Å². The van der Waals surface area contributed by atoms with Crippen molar-refractivity contribution in [2.24, 2.45) is 5.41 Å². The number of hydrogen-bond donors (Lipinski definition) is 1. The van der Waals surface area contributed by atoms with Crippen LogP contribution in [0.5, 0.6) is 0 Å². The predicted molar refractivity (Wildman–Crippen MR) is 70.7 cm³/mol. The first kappa shape index (κ1) is 11.1. The minimum absolute atomic E-state index is 0.481. The van der Waals surface area contributed by atoms with Gasteiger partial charge in [0.05, 0.1) is 3.79 Å². The maximum absolute atomic E-state index is 11.1. The fraction of sp³-hybridized carbons (Fsp3) is 0.545. The Morgan fingerprint density at radius 3 is 2.69 bits per heavy atom. The number of hydrogen-bond acceptors (Lipinski definition) is 3. The summed E-state index contributed by atoms with van der Waals surface area (Å²) in [6.45, 7) is 0. The summed E-state index contributed by atoms with van der Waals surface area (Å²) in [5.74, 6) is 2.25. The maximum atomic E-state index is 11.1. The number of carboxylic acids is 1. The molecular formula is C11H11BrO2S2. The molecule has 2 nitrogen and oxygen atoms in total. The largest absolute Gasteiger partial charge is 0.477 e. The van der Waals surface area contributed by atoms with Crippen molar-refractivity contribution < 1.29 is 9.90 Å². The topological polar surface area (TPSA) is 37.3 Å². The molecule has 86 valence electrons. The van der Waals surface area contributed by atoms with Gasteiger partial charge in [0.2, 0.25) is 0 Å². The van der Waals surface area contributed by atoms with Crippen LogP contribution < -0.4 is 0 Å². The van der Waals surface area contributed by atoms with Crippen LogP contribution in [0.25, 0.3) is 0 Å². The molecule has 5 heteroatoms. The van der Waals surface area contributed by atoms with Crippen LogP contribution in [-0.4, -0.2) is 22.6 Å². The summed E-state index contributed by atoms with van der Waals surface area (Å²) >= 11 is 6.73. The molecule has 0 amide bonds. The van der Waals surface area contributed by atoms with E-state index in [2.05, 4.69) is 15.9 Å². The van der Waals surface area contributed by atoms with Crippen LogP contribution in [0.15, 0.2) is 9.85 Å². The van der Waals surface area contributed by atoms with Gasteiger partial charge < -0.3 is 5.11 Å². The van der Waals surface area contributed by atoms with Crippen LogP contribution in [0.1, 0.15) is 34.0 Å². The molecule has 0 radical (unpaired) electrons. The molecule has 0 bridgehead atoms. The van der Waals surface area contributed by atoms with Gasteiger partial charge in [-0.3, -0.25) is 0 Å². The van der Waals surface area contributed by atoms with Gasteiger partial charge in [-0.15, -0.1) is 11.3 Å². The zero-order valence-electron chi connectivity index (χ0n) is 8.53. The SMILES string of the molecule is O=C(O)c1sc(Br)cc1C1CC2(CSC2)C1. The van der Waals surface area contributed by atoms with E-state index in [-0.39, 0.29) is 0 Å². The van der Waals surface area contributed by atoms with Crippen molar-refractivity contribution in [2.45, 2.75) is 18.8 Å². The number of aromatic carboxylic acids is 1. The van der Waals surface area contributed by atoms with Crippen LogP contribution in [0.4, 0.5) is 0 Å². The van der Waals surface area contributed by atoms with Crippen LogP contribution in [0.2, 0.25) is 0 Å². The maximum Gasteiger partial charge on any atom is 0.346 e. The molecule has 1 N–H and O–H groups in total. The Hall–Kier alpha value is -0.000000000000000111. The molecule has 16 heavy (non-hydrogen) atoms. The van der Waals surface area contributed by atoms with E-state index >= 15 is 0 Å². The van der Waals surface area contributed by atoms with Crippen molar-refractivity contribution in [2.75, 3.05) is 11.5 Å². The van der Waals surface area contributed by atoms with Gasteiger partial charge in [0.15, 0.2) is 0 Å². The minimum Gasteiger partial charge on any atom is -0.477 e. The number of carboxylic acid groups (broad SMARTS) is 1. The standard InChI is InChI=1S/C11H11BrO2S2/c12-8-1-7(9(16-8)10(13)14)6-2-11(3-6)4-15-5-11/h1,6H,2-5H2,(H,13,14). The van der Waals surface area contributed by atoms with Crippen molar-refractivity contribution in [3.8, 4) is 0 Å². The van der Waals surface area contributed by atoms with Gasteiger partial charge in [0.25, 0.3) is 0 Å². The summed E-state index contributed by atoms with van der Waals surface area (Å²) in [4.78, 5) is 11.6. The number of rotatable bonds is 2. The van der Waals surface area contributed by atoms with E-state index in [0.29, 0.717) is 16.2 Å². The zero-order valence-corrected chi connectivity index (χ0v) is 11.8. The summed E-state index contributed by atoms with van der Waals surface area (Å²) in [7, 11) is 0. The lowest BCUT2D eigenvalue weighted by molar-refractivity contribution is 0.0696. The molecule has 2 heterocycles. The summed E-state index contributed by atoms with van der Waals surface area (Å²) in [5, 5.41) is 9.13. The Balaban J connectivity index is 1.82. The normalized spacial score (nSPS) is 22.8. The third-order valence-electron chi connectivity index (χ3n) is 3.54. The molecule has 2 aliphatic rings. The third-order valence-corrected chi connectivity index (χ3v) is 6.81. The fourth-order valence-corrected chi connectivity index (χ4v) is 5.47. The van der Waals surface area contributed by atoms with Gasteiger partial charge in [0, 0.05) is 0 Å². The zero-order chi connectivity index (χ0) is 11.3. The van der Waals surface area contributed by atoms with Crippen LogP contribution in [0, 0.1) is 5.41 Å². The number of carbonyl (C=O) groups is 1. The summed E-state index contributed by atoms with van der Waals surface area (Å²) < 4.78 is 0.934. The first-order valence-corrected chi connectivity index (χ1v) is 7.96. The molecule has 1 aliphatic heterocycles. The Kier molecular flexibility index (Phi) is 2.60. The van der Waals surface area contributed by atoms with Crippen molar-refractivity contribution in [1.29, 1.82) is 0 Å². The lowest BCUT2D eigenvalue weighted by Gasteiger charge is -2.53. The van der Waals surface area contributed by atoms with E-state index in [1.807, 2.05) is 17.8 Å². The molecule has 2 fully saturated rings. The van der Waals surface area contributed by atoms with Crippen LogP contribution in [0.3, 0.4) is 0 Å². The quantitative estimate of drug-likeness (QED) is 0.900. The molecule has 0 unspecified atom stereocenters. The van der Waals surface area contributed by atoms with Gasteiger partial charge in [-0.05, 0) is 63.2 Å². The molecule has 1 aromatic heterocycles. The van der Waals surface area contributed by atoms with Crippen LogP contribution in [-0.2, 0) is 0 Å². The summed E-state index contributed by atoms with van der Waals surface area (Å²) in [6.07, 6.45) is 2.37. The van der Waals surface area contributed by atoms with Gasteiger partial charge >= 0.3 is 5.97 Å². The second-order valence-electron chi connectivity index (χ2n) is 4.74. The number of thiophene rings is 1. The van der Waals surface area contributed by atoms with Gasteiger partial charge in [-0.1, -0.05) is 0 Å². The highest BCUT2D eigenvalue weighted by atomic mass is 79.9. The van der Waals surface area contributed by atoms with Gasteiger partial charge in [0.1, 0.15) is 4.88 Å². The van der Waals surface area contributed by atoms with E-state index < -0.39 is 5.97 Å². The highest BCUT2D eigenvalue weighted by Crippen LogP contribution is 2.60. The molecule has 3 rings (SSSR count). The predicted octanol–water partition coefficient (Wildman–Crippen LogP) is 3.82. The molecule has 1 saturated carbocycles. The highest BCUT2D eigenvalue weighted by molar-refractivity contribution is 9.11. The first-order valence-electron chi connectivity index (χ1n) is 5.20. The van der Waals surface area contributed by atoms with E-state index in [1.54, 1.807) is 0 Å². The summed E-state index contributed by atoms with van der Waals surface area (Å²) in [6, 6.07) is 2.00. The van der Waals surface area contributed by atoms with E-state index in [1.165, 1.54) is 35.7 Å². The molecule has 1 saturated heterocycles. The fourth-order valence-electron chi connectivity index (χ4n) is 2.68. The second kappa shape index (κ2) is 3.75. The Morgan fingerprint density at radius 1 is 1.50 bits per heavy atom. The highest BCUT2D eigenvalue weighted by Gasteiger charge is 2.50. The monoisotopic (exact) mass is 318 g/mol. The lowest BCUT2D eigenvalue weighted by atomic mass is 9.61. The second-order valence-corrected chi connectivity index (χ2v) is 8.16. The minimum atomic E-state index is -0.783. The van der Waals surface area contributed by atoms with Crippen molar-refractivity contribution >= 4 is 45.0 Å². The molecule has 0 atom stereocenters. The Morgan fingerprint density at radius 2 is 2.19 bits per heavy atom. The Labute approximate surface area is 111 Å². The lowest BCUT2D eigenvalue weighted by Crippen LogP contribution is -2.46. The van der Waals surface area contributed by atoms with Gasteiger partial charge in [-0.25, -0.2) is 4.79 Å². The number of halogens is 1. The molecule has 1 spiro atoms. The average Bonchev–Trinajstić information content (AvgIpc) is 2.42. The molecule has 1 aliphatic carbocycles. The average molecular weight is 319 g/mol. The molecule has 0 aromatic carbocycles. The van der Waals surface area contributed by atoms with E-state index in [9.17, 15) is 4.79 Å². The van der Waals surface area contributed by atoms with Crippen molar-refractivity contribution in [3.63, 3.8) is 0 Å². The van der Waals surface area contributed by atoms with E-state index in [0.717, 1.165) is 9.35 Å². The van der Waals surface area contributed by atoms with Gasteiger partial charge in [-0.2, -0.15) is 11.8 Å². The van der Waals surface area contributed by atoms with Crippen molar-refractivity contribution in [1.82, 2.24) is 0 Å². The summed E-state index contributed by atoms with van der Waals surface area (Å²) in [5.41, 5.74) is 1.62. The third kappa shape index (κ3) is 1.64. The smallest absolute Gasteiger partial charge is 0.346 e. The van der Waals surface area contributed by atoms with E-state index in [4.69, 9.17) is 5.11 Å². The number of thioether (sulfide) groups is 1. The Bertz CT molecular complexity index is 443. The molecule has 1 aromatic rings.